The molecule has 110 valence electrons. The van der Waals surface area contributed by atoms with Gasteiger partial charge in [0.25, 0.3) is 0 Å². The first-order valence-electron chi connectivity index (χ1n) is 8.00. The summed E-state index contributed by atoms with van der Waals surface area (Å²) in [7, 11) is 0. The number of nitrogens with one attached hydrogen (secondary N) is 1. The third-order valence-corrected chi connectivity index (χ3v) is 4.78. The van der Waals surface area contributed by atoms with Gasteiger partial charge in [-0.1, -0.05) is 34.1 Å². The Hall–Kier alpha value is -0.570. The van der Waals surface area contributed by atoms with Crippen molar-refractivity contribution in [1.29, 1.82) is 0 Å². The van der Waals surface area contributed by atoms with E-state index in [0.717, 1.165) is 25.7 Å². The molecule has 1 heterocycles. The fourth-order valence-corrected chi connectivity index (χ4v) is 3.31. The Kier molecular flexibility index (Phi) is 4.24. The molecule has 1 spiro atoms. The van der Waals surface area contributed by atoms with Gasteiger partial charge in [-0.2, -0.15) is 0 Å². The molecule has 1 aliphatic heterocycles. The summed E-state index contributed by atoms with van der Waals surface area (Å²) in [6, 6.07) is 0.360. The van der Waals surface area contributed by atoms with Gasteiger partial charge in [-0.3, -0.25) is 10.1 Å². The molecule has 2 aliphatic rings. The molecule has 2 fully saturated rings. The van der Waals surface area contributed by atoms with E-state index in [2.05, 4.69) is 44.8 Å². The molecule has 19 heavy (non-hydrogen) atoms. The molecule has 1 saturated carbocycles. The van der Waals surface area contributed by atoms with Crippen LogP contribution in [0.4, 0.5) is 0 Å². The van der Waals surface area contributed by atoms with Gasteiger partial charge in [0, 0.05) is 6.04 Å². The Labute approximate surface area is 118 Å². The lowest BCUT2D eigenvalue weighted by atomic mass is 9.98. The topological polar surface area (TPSA) is 32.3 Å². The van der Waals surface area contributed by atoms with Gasteiger partial charge in [-0.15, -0.1) is 0 Å². The standard InChI is InChI=1S/C16H30N2O/c1-6-12(4)10-13(5)18-14(9-11(2)3)17-16(7-8-16)15(18)19/h11-14,17H,6-10H2,1-5H3. The molecule has 3 unspecified atom stereocenters. The second kappa shape index (κ2) is 5.43. The smallest absolute Gasteiger partial charge is 0.244 e. The molecule has 0 radical (unpaired) electrons. The number of carbonyl (C=O) groups excluding carboxylic acids is 1. The SMILES string of the molecule is CCC(C)CC(C)N1C(=O)C2(CC2)NC1CC(C)C. The van der Waals surface area contributed by atoms with Crippen LogP contribution in [0, 0.1) is 11.8 Å². The highest BCUT2D eigenvalue weighted by molar-refractivity contribution is 5.92. The first kappa shape index (κ1) is 14.8. The molecule has 3 atom stereocenters. The Morgan fingerprint density at radius 3 is 2.42 bits per heavy atom. The maximum absolute atomic E-state index is 12.7. The van der Waals surface area contributed by atoms with Gasteiger partial charge in [0.2, 0.25) is 5.91 Å². The summed E-state index contributed by atoms with van der Waals surface area (Å²) in [6.07, 6.45) is 5.71. The lowest BCUT2D eigenvalue weighted by molar-refractivity contribution is -0.133. The normalized spacial score (nSPS) is 28.2. The van der Waals surface area contributed by atoms with E-state index in [-0.39, 0.29) is 11.7 Å². The van der Waals surface area contributed by atoms with E-state index < -0.39 is 0 Å². The molecular weight excluding hydrogens is 236 g/mol. The van der Waals surface area contributed by atoms with Crippen LogP contribution in [0.15, 0.2) is 0 Å². The average Bonchev–Trinajstić information content (AvgIpc) is 3.03. The maximum Gasteiger partial charge on any atom is 0.244 e. The number of carbonyl (C=O) groups is 1. The first-order valence-corrected chi connectivity index (χ1v) is 8.00. The van der Waals surface area contributed by atoms with E-state index >= 15 is 0 Å². The highest BCUT2D eigenvalue weighted by atomic mass is 16.2. The number of hydrogen-bond donors (Lipinski definition) is 1. The maximum atomic E-state index is 12.7. The Balaban J connectivity index is 2.07. The quantitative estimate of drug-likeness (QED) is 0.801. The zero-order valence-electron chi connectivity index (χ0n) is 13.2. The van der Waals surface area contributed by atoms with Crippen molar-refractivity contribution in [3.8, 4) is 0 Å². The van der Waals surface area contributed by atoms with E-state index in [1.54, 1.807) is 0 Å². The molecule has 0 aromatic rings. The van der Waals surface area contributed by atoms with E-state index in [1.807, 2.05) is 0 Å². The minimum absolute atomic E-state index is 0.163. The molecule has 1 aliphatic carbocycles. The van der Waals surface area contributed by atoms with Gasteiger partial charge in [0.15, 0.2) is 0 Å². The van der Waals surface area contributed by atoms with Crippen LogP contribution >= 0.6 is 0 Å². The predicted molar refractivity (Wildman–Crippen MR) is 78.7 cm³/mol. The molecule has 1 N–H and O–H groups in total. The van der Waals surface area contributed by atoms with Crippen LogP contribution in [0.2, 0.25) is 0 Å². The number of hydrogen-bond acceptors (Lipinski definition) is 2. The van der Waals surface area contributed by atoms with Crippen LogP contribution in [0.1, 0.15) is 66.7 Å². The van der Waals surface area contributed by atoms with Gasteiger partial charge < -0.3 is 4.90 Å². The second-order valence-corrected chi connectivity index (χ2v) is 7.18. The predicted octanol–water partition coefficient (Wildman–Crippen LogP) is 3.15. The van der Waals surface area contributed by atoms with Crippen LogP contribution in [0.5, 0.6) is 0 Å². The van der Waals surface area contributed by atoms with Crippen LogP contribution in [0.25, 0.3) is 0 Å². The third kappa shape index (κ3) is 2.96. The van der Waals surface area contributed by atoms with Crippen LogP contribution < -0.4 is 5.32 Å². The highest BCUT2D eigenvalue weighted by Crippen LogP contribution is 2.44. The minimum atomic E-state index is -0.163. The number of rotatable bonds is 6. The van der Waals surface area contributed by atoms with Gasteiger partial charge in [-0.05, 0) is 44.4 Å². The number of amides is 1. The number of nitrogens with zero attached hydrogens (tertiary/aromatic N) is 1. The average molecular weight is 266 g/mol. The van der Waals surface area contributed by atoms with Crippen molar-refractivity contribution in [3.05, 3.63) is 0 Å². The van der Waals surface area contributed by atoms with Crippen molar-refractivity contribution in [1.82, 2.24) is 10.2 Å². The van der Waals surface area contributed by atoms with Crippen molar-refractivity contribution >= 4 is 5.91 Å². The fourth-order valence-electron chi connectivity index (χ4n) is 3.31. The zero-order chi connectivity index (χ0) is 14.2. The Morgan fingerprint density at radius 2 is 1.95 bits per heavy atom. The lowest BCUT2D eigenvalue weighted by Crippen LogP contribution is -2.44. The van der Waals surface area contributed by atoms with Crippen molar-refractivity contribution in [3.63, 3.8) is 0 Å². The minimum Gasteiger partial charge on any atom is -0.323 e. The van der Waals surface area contributed by atoms with E-state index in [9.17, 15) is 4.79 Å². The molecule has 3 nitrogen and oxygen atoms in total. The monoisotopic (exact) mass is 266 g/mol. The van der Waals surface area contributed by atoms with E-state index in [4.69, 9.17) is 0 Å². The van der Waals surface area contributed by atoms with E-state index in [0.29, 0.717) is 23.8 Å². The van der Waals surface area contributed by atoms with Crippen molar-refractivity contribution in [2.45, 2.75) is 84.5 Å². The van der Waals surface area contributed by atoms with E-state index in [1.165, 1.54) is 6.42 Å². The van der Waals surface area contributed by atoms with Gasteiger partial charge >= 0.3 is 0 Å². The van der Waals surface area contributed by atoms with Crippen LogP contribution in [-0.4, -0.2) is 28.6 Å². The Morgan fingerprint density at radius 1 is 1.32 bits per heavy atom. The van der Waals surface area contributed by atoms with Crippen molar-refractivity contribution in [2.24, 2.45) is 11.8 Å². The summed E-state index contributed by atoms with van der Waals surface area (Å²) in [5, 5.41) is 3.62. The highest BCUT2D eigenvalue weighted by Gasteiger charge is 2.59. The first-order chi connectivity index (χ1) is 8.89. The van der Waals surface area contributed by atoms with Crippen LogP contribution in [0.3, 0.4) is 0 Å². The zero-order valence-corrected chi connectivity index (χ0v) is 13.2. The molecule has 1 amide bonds. The summed E-state index contributed by atoms with van der Waals surface area (Å²) in [4.78, 5) is 14.8. The molecule has 1 saturated heterocycles. The lowest BCUT2D eigenvalue weighted by Gasteiger charge is -2.32. The molecule has 0 aromatic heterocycles. The summed E-state index contributed by atoms with van der Waals surface area (Å²) in [5.41, 5.74) is -0.163. The summed E-state index contributed by atoms with van der Waals surface area (Å²) in [6.45, 7) is 11.2. The molecule has 2 rings (SSSR count). The molecule has 0 aromatic carbocycles. The summed E-state index contributed by atoms with van der Waals surface area (Å²) >= 11 is 0. The van der Waals surface area contributed by atoms with Crippen molar-refractivity contribution in [2.75, 3.05) is 0 Å². The largest absolute Gasteiger partial charge is 0.323 e. The van der Waals surface area contributed by atoms with Gasteiger partial charge in [-0.25, -0.2) is 0 Å². The summed E-state index contributed by atoms with van der Waals surface area (Å²) < 4.78 is 0. The molecule has 3 heteroatoms. The van der Waals surface area contributed by atoms with Crippen molar-refractivity contribution < 1.29 is 4.79 Å². The second-order valence-electron chi connectivity index (χ2n) is 7.18. The van der Waals surface area contributed by atoms with Gasteiger partial charge in [0.05, 0.1) is 11.7 Å². The molecular formula is C16H30N2O. The van der Waals surface area contributed by atoms with Crippen LogP contribution in [-0.2, 0) is 4.79 Å². The molecule has 0 bridgehead atoms. The van der Waals surface area contributed by atoms with Gasteiger partial charge in [0.1, 0.15) is 0 Å². The summed E-state index contributed by atoms with van der Waals surface area (Å²) in [5.74, 6) is 1.68. The Bertz CT molecular complexity index is 336. The fraction of sp³-hybridized carbons (Fsp3) is 0.938. The third-order valence-electron chi connectivity index (χ3n) is 4.78.